The molecule has 0 bridgehead atoms. The Bertz CT molecular complexity index is 660. The van der Waals surface area contributed by atoms with Gasteiger partial charge in [0.2, 0.25) is 5.91 Å². The lowest BCUT2D eigenvalue weighted by molar-refractivity contribution is -0.152. The Balaban J connectivity index is 2.21. The maximum atomic E-state index is 12.5. The third-order valence-corrected chi connectivity index (χ3v) is 4.57. The number of carboxylic acid groups (broad SMARTS) is 1. The number of amides is 1. The van der Waals surface area contributed by atoms with Crippen molar-refractivity contribution in [3.05, 3.63) is 60.1 Å². The fourth-order valence-electron chi connectivity index (χ4n) is 2.82. The molecular formula is C19H23NO4. The molecule has 5 nitrogen and oxygen atoms in total. The minimum Gasteiger partial charge on any atom is -0.481 e. The van der Waals surface area contributed by atoms with Gasteiger partial charge in [-0.25, -0.2) is 0 Å². The molecule has 1 aromatic heterocycles. The molecule has 2 rings (SSSR count). The molecule has 1 unspecified atom stereocenters. The summed E-state index contributed by atoms with van der Waals surface area (Å²) < 4.78 is 5.45. The Hall–Kier alpha value is -2.56. The quantitative estimate of drug-likeness (QED) is 0.772. The van der Waals surface area contributed by atoms with Crippen LogP contribution in [0.4, 0.5) is 0 Å². The highest BCUT2D eigenvalue weighted by Gasteiger charge is 2.37. The predicted molar refractivity (Wildman–Crippen MR) is 90.4 cm³/mol. The Morgan fingerprint density at radius 3 is 2.29 bits per heavy atom. The number of aliphatic carboxylic acids is 1. The Morgan fingerprint density at radius 2 is 1.79 bits per heavy atom. The van der Waals surface area contributed by atoms with Crippen LogP contribution >= 0.6 is 0 Å². The van der Waals surface area contributed by atoms with Gasteiger partial charge >= 0.3 is 5.97 Å². The molecule has 0 saturated carbocycles. The van der Waals surface area contributed by atoms with Crippen molar-refractivity contribution < 1.29 is 19.1 Å². The third kappa shape index (κ3) is 3.85. The first-order valence-electron chi connectivity index (χ1n) is 8.13. The standard InChI is InChI=1S/C19H23NO4/c1-3-19(4-2,18(22)23)13-16(21)20-17(15-11-8-12-24-15)14-9-6-5-7-10-14/h5-12,17H,3-4,13H2,1-2H3,(H,20,21)(H,22,23). The van der Waals surface area contributed by atoms with E-state index in [-0.39, 0.29) is 12.3 Å². The summed E-state index contributed by atoms with van der Waals surface area (Å²) in [4.78, 5) is 24.1. The molecule has 128 valence electrons. The Morgan fingerprint density at radius 1 is 1.12 bits per heavy atom. The molecule has 24 heavy (non-hydrogen) atoms. The monoisotopic (exact) mass is 329 g/mol. The fourth-order valence-corrected chi connectivity index (χ4v) is 2.82. The van der Waals surface area contributed by atoms with Crippen LogP contribution in [0.2, 0.25) is 0 Å². The second-order valence-corrected chi connectivity index (χ2v) is 5.90. The van der Waals surface area contributed by atoms with Crippen LogP contribution in [-0.2, 0) is 9.59 Å². The fraction of sp³-hybridized carbons (Fsp3) is 0.368. The van der Waals surface area contributed by atoms with Gasteiger partial charge in [-0.05, 0) is 30.5 Å². The van der Waals surface area contributed by atoms with E-state index >= 15 is 0 Å². The van der Waals surface area contributed by atoms with Crippen LogP contribution in [0, 0.1) is 5.41 Å². The van der Waals surface area contributed by atoms with Crippen molar-refractivity contribution in [3.63, 3.8) is 0 Å². The predicted octanol–water partition coefficient (Wildman–Crippen LogP) is 3.77. The molecule has 2 N–H and O–H groups in total. The second kappa shape index (κ2) is 7.81. The lowest BCUT2D eigenvalue weighted by Gasteiger charge is -2.27. The second-order valence-electron chi connectivity index (χ2n) is 5.90. The van der Waals surface area contributed by atoms with Crippen molar-refractivity contribution in [1.29, 1.82) is 0 Å². The van der Waals surface area contributed by atoms with Crippen molar-refractivity contribution in [2.45, 2.75) is 39.2 Å². The summed E-state index contributed by atoms with van der Waals surface area (Å²) in [5.41, 5.74) is -0.149. The SMILES string of the molecule is CCC(CC)(CC(=O)NC(c1ccccc1)c1ccco1)C(=O)O. The van der Waals surface area contributed by atoms with Crippen molar-refractivity contribution in [2.24, 2.45) is 5.41 Å². The molecule has 0 spiro atoms. The van der Waals surface area contributed by atoms with Gasteiger partial charge in [0, 0.05) is 6.42 Å². The minimum absolute atomic E-state index is 0.0562. The van der Waals surface area contributed by atoms with E-state index in [0.29, 0.717) is 18.6 Å². The Labute approximate surface area is 141 Å². The smallest absolute Gasteiger partial charge is 0.310 e. The van der Waals surface area contributed by atoms with E-state index < -0.39 is 17.4 Å². The number of hydrogen-bond donors (Lipinski definition) is 2. The van der Waals surface area contributed by atoms with E-state index in [9.17, 15) is 14.7 Å². The number of carboxylic acids is 1. The molecule has 2 aromatic rings. The normalized spacial score (nSPS) is 12.6. The zero-order valence-corrected chi connectivity index (χ0v) is 14.0. The summed E-state index contributed by atoms with van der Waals surface area (Å²) >= 11 is 0. The molecule has 0 aliphatic carbocycles. The van der Waals surface area contributed by atoms with Crippen LogP contribution in [0.15, 0.2) is 53.1 Å². The van der Waals surface area contributed by atoms with E-state index in [1.807, 2.05) is 30.3 Å². The molecule has 0 aliphatic rings. The Kier molecular flexibility index (Phi) is 5.79. The summed E-state index contributed by atoms with van der Waals surface area (Å²) in [5.74, 6) is -0.619. The van der Waals surface area contributed by atoms with Gasteiger partial charge in [-0.1, -0.05) is 44.2 Å². The van der Waals surface area contributed by atoms with E-state index in [2.05, 4.69) is 5.32 Å². The maximum Gasteiger partial charge on any atom is 0.310 e. The minimum atomic E-state index is -1.03. The largest absolute Gasteiger partial charge is 0.481 e. The number of furan rings is 1. The molecule has 1 aromatic carbocycles. The molecular weight excluding hydrogens is 306 g/mol. The van der Waals surface area contributed by atoms with Crippen molar-refractivity contribution in [3.8, 4) is 0 Å². The zero-order chi connectivity index (χ0) is 17.6. The highest BCUT2D eigenvalue weighted by molar-refractivity contribution is 5.85. The first kappa shape index (κ1) is 17.8. The van der Waals surface area contributed by atoms with E-state index in [0.717, 1.165) is 5.56 Å². The summed E-state index contributed by atoms with van der Waals surface area (Å²) in [5, 5.41) is 12.4. The van der Waals surface area contributed by atoms with Crippen molar-refractivity contribution >= 4 is 11.9 Å². The molecule has 5 heteroatoms. The van der Waals surface area contributed by atoms with Crippen LogP contribution in [-0.4, -0.2) is 17.0 Å². The topological polar surface area (TPSA) is 79.5 Å². The van der Waals surface area contributed by atoms with Crippen molar-refractivity contribution in [2.75, 3.05) is 0 Å². The van der Waals surface area contributed by atoms with Gasteiger partial charge in [-0.15, -0.1) is 0 Å². The van der Waals surface area contributed by atoms with Crippen LogP contribution in [0.3, 0.4) is 0 Å². The number of carbonyl (C=O) groups is 2. The van der Waals surface area contributed by atoms with E-state index in [1.165, 1.54) is 0 Å². The van der Waals surface area contributed by atoms with E-state index in [1.54, 1.807) is 32.2 Å². The number of rotatable bonds is 8. The molecule has 0 fully saturated rings. The highest BCUT2D eigenvalue weighted by Crippen LogP contribution is 2.32. The number of nitrogens with one attached hydrogen (secondary N) is 1. The molecule has 0 saturated heterocycles. The van der Waals surface area contributed by atoms with Gasteiger partial charge in [0.05, 0.1) is 11.7 Å². The van der Waals surface area contributed by atoms with E-state index in [4.69, 9.17) is 4.42 Å². The molecule has 0 radical (unpaired) electrons. The lowest BCUT2D eigenvalue weighted by Crippen LogP contribution is -2.38. The summed E-state index contributed by atoms with van der Waals surface area (Å²) in [6.07, 6.45) is 2.31. The molecule has 0 aliphatic heterocycles. The van der Waals surface area contributed by atoms with Gasteiger partial charge in [-0.2, -0.15) is 0 Å². The van der Waals surface area contributed by atoms with Crippen LogP contribution in [0.25, 0.3) is 0 Å². The van der Waals surface area contributed by atoms with Crippen molar-refractivity contribution in [1.82, 2.24) is 5.32 Å². The molecule has 1 amide bonds. The maximum absolute atomic E-state index is 12.5. The van der Waals surface area contributed by atoms with Gasteiger partial charge in [-0.3, -0.25) is 9.59 Å². The van der Waals surface area contributed by atoms with Gasteiger partial charge in [0.1, 0.15) is 11.8 Å². The van der Waals surface area contributed by atoms with Gasteiger partial charge in [0.15, 0.2) is 0 Å². The number of carbonyl (C=O) groups excluding carboxylic acids is 1. The van der Waals surface area contributed by atoms with Gasteiger partial charge < -0.3 is 14.8 Å². The molecule has 1 atom stereocenters. The first-order chi connectivity index (χ1) is 11.5. The van der Waals surface area contributed by atoms with Crippen LogP contribution in [0.1, 0.15) is 50.5 Å². The molecule has 1 heterocycles. The van der Waals surface area contributed by atoms with Gasteiger partial charge in [0.25, 0.3) is 0 Å². The lowest BCUT2D eigenvalue weighted by atomic mass is 9.79. The third-order valence-electron chi connectivity index (χ3n) is 4.57. The number of benzene rings is 1. The van der Waals surface area contributed by atoms with Crippen LogP contribution in [0.5, 0.6) is 0 Å². The zero-order valence-electron chi connectivity index (χ0n) is 14.0. The number of hydrogen-bond acceptors (Lipinski definition) is 3. The highest BCUT2D eigenvalue weighted by atomic mass is 16.4. The average molecular weight is 329 g/mol. The summed E-state index contributed by atoms with van der Waals surface area (Å²) in [6.45, 7) is 3.60. The first-order valence-corrected chi connectivity index (χ1v) is 8.13. The van der Waals surface area contributed by atoms with Crippen LogP contribution < -0.4 is 5.32 Å². The average Bonchev–Trinajstić information content (AvgIpc) is 3.12. The summed E-state index contributed by atoms with van der Waals surface area (Å²) in [7, 11) is 0. The summed E-state index contributed by atoms with van der Waals surface area (Å²) in [6, 6.07) is 12.6.